The lowest BCUT2D eigenvalue weighted by atomic mass is 9.92. The number of nitrogens with zero attached hydrogens (tertiary/aromatic N) is 1. The van der Waals surface area contributed by atoms with Crippen molar-refractivity contribution in [2.24, 2.45) is 5.92 Å². The quantitative estimate of drug-likeness (QED) is 0.519. The van der Waals surface area contributed by atoms with Crippen molar-refractivity contribution in [2.45, 2.75) is 26.1 Å². The fourth-order valence-corrected chi connectivity index (χ4v) is 3.32. The molecule has 28 heavy (non-hydrogen) atoms. The molecule has 0 bridgehead atoms. The molecule has 1 aromatic heterocycles. The van der Waals surface area contributed by atoms with E-state index >= 15 is 0 Å². The van der Waals surface area contributed by atoms with E-state index in [1.807, 2.05) is 25.1 Å². The van der Waals surface area contributed by atoms with Crippen LogP contribution in [0.3, 0.4) is 0 Å². The van der Waals surface area contributed by atoms with E-state index in [-0.39, 0.29) is 0 Å². The number of methoxy groups -OCH3 is 1. The van der Waals surface area contributed by atoms with Crippen molar-refractivity contribution in [3.05, 3.63) is 64.8 Å². The van der Waals surface area contributed by atoms with Crippen LogP contribution in [0.5, 0.6) is 5.75 Å². The predicted molar refractivity (Wildman–Crippen MR) is 106 cm³/mol. The molecule has 148 valence electrons. The predicted octanol–water partition coefficient (Wildman–Crippen LogP) is 6.56. The smallest absolute Gasteiger partial charge is 0.393 e. The lowest BCUT2D eigenvalue weighted by molar-refractivity contribution is -0.173. The fourth-order valence-electron chi connectivity index (χ4n) is 3.15. The molecule has 2 aromatic carbocycles. The second-order valence-corrected chi connectivity index (χ2v) is 7.10. The summed E-state index contributed by atoms with van der Waals surface area (Å²) in [6.45, 7) is 3.02. The summed E-state index contributed by atoms with van der Waals surface area (Å²) in [6.07, 6.45) is -4.40. The minimum absolute atomic E-state index is 0.301. The standard InChI is InChI=1S/C21H20ClF3N2O/c1-12-7-9-15-17(26-12)5-4-6-18(15)27-20(13(2)21(23,24)25)16-10-8-14(22)11-19(16)28-3/h4-11,13,20,27H,1-3H3. The van der Waals surface area contributed by atoms with Gasteiger partial charge in [-0.2, -0.15) is 13.2 Å². The zero-order valence-corrected chi connectivity index (χ0v) is 16.4. The molecule has 3 nitrogen and oxygen atoms in total. The third kappa shape index (κ3) is 4.17. The molecule has 1 N–H and O–H groups in total. The lowest BCUT2D eigenvalue weighted by Gasteiger charge is -2.30. The van der Waals surface area contributed by atoms with Crippen LogP contribution in [-0.2, 0) is 0 Å². The Kier molecular flexibility index (Phi) is 5.70. The summed E-state index contributed by atoms with van der Waals surface area (Å²) in [7, 11) is 1.41. The molecule has 0 fully saturated rings. The molecular formula is C21H20ClF3N2O. The number of anilines is 1. The maximum Gasteiger partial charge on any atom is 0.393 e. The highest BCUT2D eigenvalue weighted by Gasteiger charge is 2.43. The van der Waals surface area contributed by atoms with Crippen LogP contribution in [0.1, 0.15) is 24.2 Å². The van der Waals surface area contributed by atoms with Crippen LogP contribution in [0.25, 0.3) is 10.9 Å². The van der Waals surface area contributed by atoms with Gasteiger partial charge in [0.05, 0.1) is 24.6 Å². The van der Waals surface area contributed by atoms with Crippen molar-refractivity contribution in [2.75, 3.05) is 12.4 Å². The average molecular weight is 409 g/mol. The first-order chi connectivity index (χ1) is 13.2. The minimum Gasteiger partial charge on any atom is -0.496 e. The first-order valence-corrected chi connectivity index (χ1v) is 9.11. The Hall–Kier alpha value is -2.47. The van der Waals surface area contributed by atoms with Gasteiger partial charge in [-0.25, -0.2) is 0 Å². The number of ether oxygens (including phenoxy) is 1. The molecule has 0 saturated carbocycles. The lowest BCUT2D eigenvalue weighted by Crippen LogP contribution is -2.31. The summed E-state index contributed by atoms with van der Waals surface area (Å²) >= 11 is 5.99. The van der Waals surface area contributed by atoms with E-state index < -0.39 is 18.1 Å². The fraction of sp³-hybridized carbons (Fsp3) is 0.286. The number of benzene rings is 2. The van der Waals surface area contributed by atoms with Gasteiger partial charge in [-0.05, 0) is 43.3 Å². The number of fused-ring (bicyclic) bond motifs is 1. The SMILES string of the molecule is COc1cc(Cl)ccc1C(Nc1cccc2nc(C)ccc12)C(C)C(F)(F)F. The molecule has 0 aliphatic carbocycles. The van der Waals surface area contributed by atoms with Gasteiger partial charge in [0.25, 0.3) is 0 Å². The average Bonchev–Trinajstić information content (AvgIpc) is 2.64. The summed E-state index contributed by atoms with van der Waals surface area (Å²) < 4.78 is 46.3. The second kappa shape index (κ2) is 7.87. The molecule has 2 atom stereocenters. The third-order valence-electron chi connectivity index (χ3n) is 4.73. The maximum absolute atomic E-state index is 13.7. The van der Waals surface area contributed by atoms with Gasteiger partial charge in [-0.1, -0.05) is 30.7 Å². The number of halogens is 4. The third-order valence-corrected chi connectivity index (χ3v) is 4.96. The molecule has 0 aliphatic heterocycles. The molecular weight excluding hydrogens is 389 g/mol. The van der Waals surface area contributed by atoms with Crippen molar-refractivity contribution in [3.63, 3.8) is 0 Å². The Morgan fingerprint density at radius 3 is 2.54 bits per heavy atom. The number of pyridine rings is 1. The first-order valence-electron chi connectivity index (χ1n) is 8.73. The van der Waals surface area contributed by atoms with Crippen molar-refractivity contribution in [1.82, 2.24) is 4.98 Å². The second-order valence-electron chi connectivity index (χ2n) is 6.66. The van der Waals surface area contributed by atoms with Gasteiger partial charge in [-0.3, -0.25) is 4.98 Å². The highest BCUT2D eigenvalue weighted by atomic mass is 35.5. The number of nitrogens with one attached hydrogen (secondary N) is 1. The van der Waals surface area contributed by atoms with Gasteiger partial charge in [-0.15, -0.1) is 0 Å². The van der Waals surface area contributed by atoms with Gasteiger partial charge < -0.3 is 10.1 Å². The van der Waals surface area contributed by atoms with Crippen molar-refractivity contribution < 1.29 is 17.9 Å². The summed E-state index contributed by atoms with van der Waals surface area (Å²) in [5.41, 5.74) is 2.51. The largest absolute Gasteiger partial charge is 0.496 e. The van der Waals surface area contributed by atoms with E-state index in [1.165, 1.54) is 13.2 Å². The Bertz CT molecular complexity index is 991. The van der Waals surface area contributed by atoms with Crippen molar-refractivity contribution >= 4 is 28.2 Å². The van der Waals surface area contributed by atoms with Crippen LogP contribution >= 0.6 is 11.6 Å². The topological polar surface area (TPSA) is 34.1 Å². The van der Waals surface area contributed by atoms with Crippen LogP contribution in [0.2, 0.25) is 5.02 Å². The van der Waals surface area contributed by atoms with Gasteiger partial charge in [0.1, 0.15) is 5.75 Å². The molecule has 0 aliphatic rings. The van der Waals surface area contributed by atoms with Crippen LogP contribution in [0.4, 0.5) is 18.9 Å². The summed E-state index contributed by atoms with van der Waals surface area (Å²) in [4.78, 5) is 4.45. The van der Waals surface area contributed by atoms with Crippen molar-refractivity contribution in [1.29, 1.82) is 0 Å². The first kappa shape index (κ1) is 20.3. The monoisotopic (exact) mass is 408 g/mol. The normalized spacial score (nSPS) is 14.0. The van der Waals surface area contributed by atoms with Crippen LogP contribution < -0.4 is 10.1 Å². The molecule has 1 heterocycles. The molecule has 0 amide bonds. The van der Waals surface area contributed by atoms with Crippen LogP contribution in [0.15, 0.2) is 48.5 Å². The molecule has 0 saturated heterocycles. The van der Waals surface area contributed by atoms with E-state index in [4.69, 9.17) is 16.3 Å². The van der Waals surface area contributed by atoms with Gasteiger partial charge in [0.2, 0.25) is 0 Å². The molecule has 3 rings (SSSR count). The van der Waals surface area contributed by atoms with E-state index in [1.54, 1.807) is 24.3 Å². The Morgan fingerprint density at radius 2 is 1.86 bits per heavy atom. The summed E-state index contributed by atoms with van der Waals surface area (Å²) in [6, 6.07) is 12.6. The maximum atomic E-state index is 13.7. The van der Waals surface area contributed by atoms with E-state index in [9.17, 15) is 13.2 Å². The number of alkyl halides is 3. The molecule has 2 unspecified atom stereocenters. The van der Waals surface area contributed by atoms with Crippen molar-refractivity contribution in [3.8, 4) is 5.75 Å². The highest BCUT2D eigenvalue weighted by molar-refractivity contribution is 6.30. The number of hydrogen-bond acceptors (Lipinski definition) is 3. The zero-order chi connectivity index (χ0) is 20.5. The number of hydrogen-bond donors (Lipinski definition) is 1. The van der Waals surface area contributed by atoms with Gasteiger partial charge in [0, 0.05) is 27.4 Å². The highest BCUT2D eigenvalue weighted by Crippen LogP contribution is 2.42. The van der Waals surface area contributed by atoms with E-state index in [2.05, 4.69) is 10.3 Å². The minimum atomic E-state index is -4.40. The number of rotatable bonds is 5. The van der Waals surface area contributed by atoms with E-state index in [0.717, 1.165) is 18.0 Å². The Morgan fingerprint density at radius 1 is 1.11 bits per heavy atom. The zero-order valence-electron chi connectivity index (χ0n) is 15.6. The Balaban J connectivity index is 2.11. The van der Waals surface area contributed by atoms with Gasteiger partial charge >= 0.3 is 6.18 Å². The summed E-state index contributed by atoms with van der Waals surface area (Å²) in [5.74, 6) is -1.37. The number of aromatic nitrogens is 1. The summed E-state index contributed by atoms with van der Waals surface area (Å²) in [5, 5.41) is 4.22. The molecule has 0 spiro atoms. The molecule has 0 radical (unpaired) electrons. The van der Waals surface area contributed by atoms with E-state index in [0.29, 0.717) is 27.5 Å². The molecule has 3 aromatic rings. The Labute approximate surface area is 166 Å². The molecule has 7 heteroatoms. The number of aryl methyl sites for hydroxylation is 1. The van der Waals surface area contributed by atoms with Crippen LogP contribution in [0, 0.1) is 12.8 Å². The van der Waals surface area contributed by atoms with Crippen LogP contribution in [-0.4, -0.2) is 18.3 Å². The van der Waals surface area contributed by atoms with Gasteiger partial charge in [0.15, 0.2) is 0 Å².